The highest BCUT2D eigenvalue weighted by molar-refractivity contribution is 6.30. The second kappa shape index (κ2) is 5.67. The van der Waals surface area contributed by atoms with Crippen LogP contribution in [-0.4, -0.2) is 0 Å². The van der Waals surface area contributed by atoms with E-state index in [4.69, 9.17) is 17.4 Å². The van der Waals surface area contributed by atoms with E-state index in [1.54, 1.807) is 0 Å². The summed E-state index contributed by atoms with van der Waals surface area (Å²) in [4.78, 5) is 0. The molecular formula is C13H19ClN2. The number of nitrogens with one attached hydrogen (secondary N) is 1. The van der Waals surface area contributed by atoms with Crippen molar-refractivity contribution in [2.24, 2.45) is 11.8 Å². The molecule has 0 spiro atoms. The molecule has 1 aliphatic rings. The molecule has 3 heteroatoms. The van der Waals surface area contributed by atoms with Gasteiger partial charge in [0.15, 0.2) is 0 Å². The van der Waals surface area contributed by atoms with Crippen LogP contribution in [0.1, 0.15) is 43.7 Å². The highest BCUT2D eigenvalue weighted by Gasteiger charge is 2.20. The van der Waals surface area contributed by atoms with Crippen LogP contribution >= 0.6 is 11.6 Å². The number of halogens is 1. The summed E-state index contributed by atoms with van der Waals surface area (Å²) in [7, 11) is 0. The summed E-state index contributed by atoms with van der Waals surface area (Å²) >= 11 is 5.99. The van der Waals surface area contributed by atoms with Crippen molar-refractivity contribution in [2.75, 3.05) is 0 Å². The molecule has 0 bridgehead atoms. The molecule has 16 heavy (non-hydrogen) atoms. The number of rotatable bonds is 4. The average Bonchev–Trinajstić information content (AvgIpc) is 2.78. The van der Waals surface area contributed by atoms with Crippen LogP contribution in [0.15, 0.2) is 24.3 Å². The molecule has 0 aromatic heterocycles. The summed E-state index contributed by atoms with van der Waals surface area (Å²) in [5.41, 5.74) is 4.11. The van der Waals surface area contributed by atoms with E-state index in [0.717, 1.165) is 17.4 Å². The van der Waals surface area contributed by atoms with E-state index >= 15 is 0 Å². The van der Waals surface area contributed by atoms with E-state index in [2.05, 4.69) is 11.5 Å². The number of nitrogens with two attached hydrogens (primary N) is 1. The molecule has 2 rings (SSSR count). The molecule has 0 aliphatic heterocycles. The molecule has 1 unspecified atom stereocenters. The van der Waals surface area contributed by atoms with Gasteiger partial charge in [0.2, 0.25) is 0 Å². The first-order valence-electron chi connectivity index (χ1n) is 6.01. The smallest absolute Gasteiger partial charge is 0.0463 e. The Morgan fingerprint density at radius 1 is 1.38 bits per heavy atom. The maximum absolute atomic E-state index is 5.99. The fraction of sp³-hybridized carbons (Fsp3) is 0.538. The second-order valence-electron chi connectivity index (χ2n) is 4.66. The predicted octanol–water partition coefficient (Wildman–Crippen LogP) is 3.42. The molecule has 0 amide bonds. The van der Waals surface area contributed by atoms with E-state index < -0.39 is 0 Å². The molecule has 88 valence electrons. The number of hydrogen-bond acceptors (Lipinski definition) is 2. The Morgan fingerprint density at radius 2 is 2.12 bits per heavy atom. The lowest BCUT2D eigenvalue weighted by molar-refractivity contribution is 0.400. The van der Waals surface area contributed by atoms with Gasteiger partial charge < -0.3 is 0 Å². The van der Waals surface area contributed by atoms with Crippen LogP contribution in [0.2, 0.25) is 5.02 Å². The van der Waals surface area contributed by atoms with Gasteiger partial charge in [0.05, 0.1) is 0 Å². The minimum absolute atomic E-state index is 0.238. The summed E-state index contributed by atoms with van der Waals surface area (Å²) in [6.45, 7) is 0. The van der Waals surface area contributed by atoms with Crippen molar-refractivity contribution in [3.63, 3.8) is 0 Å². The average molecular weight is 239 g/mol. The minimum atomic E-state index is 0.238. The molecule has 0 saturated heterocycles. The maximum atomic E-state index is 5.99. The number of hydrazine groups is 1. The standard InChI is InChI=1S/C13H19ClN2/c14-12-7-3-6-11(9-12)13(16-15)8-10-4-1-2-5-10/h3,6-7,9-10,13,16H,1-2,4-5,8,15H2. The lowest BCUT2D eigenvalue weighted by Crippen LogP contribution is -2.29. The minimum Gasteiger partial charge on any atom is -0.271 e. The summed E-state index contributed by atoms with van der Waals surface area (Å²) in [6.07, 6.45) is 6.56. The Morgan fingerprint density at radius 3 is 2.75 bits per heavy atom. The topological polar surface area (TPSA) is 38.0 Å². The Bertz CT molecular complexity index is 334. The number of benzene rings is 1. The van der Waals surface area contributed by atoms with E-state index in [-0.39, 0.29) is 6.04 Å². The van der Waals surface area contributed by atoms with Crippen molar-refractivity contribution in [1.82, 2.24) is 5.43 Å². The Hall–Kier alpha value is -0.570. The van der Waals surface area contributed by atoms with Gasteiger partial charge in [-0.25, -0.2) is 0 Å². The van der Waals surface area contributed by atoms with Crippen molar-refractivity contribution >= 4 is 11.6 Å². The van der Waals surface area contributed by atoms with Gasteiger partial charge in [0.1, 0.15) is 0 Å². The predicted molar refractivity (Wildman–Crippen MR) is 68.1 cm³/mol. The fourth-order valence-corrected chi connectivity index (χ4v) is 2.80. The molecule has 3 N–H and O–H groups in total. The van der Waals surface area contributed by atoms with Crippen molar-refractivity contribution in [3.05, 3.63) is 34.9 Å². The van der Waals surface area contributed by atoms with E-state index in [1.165, 1.54) is 31.2 Å². The van der Waals surface area contributed by atoms with E-state index in [0.29, 0.717) is 0 Å². The first kappa shape index (κ1) is 11.9. The molecule has 2 nitrogen and oxygen atoms in total. The molecule has 1 aliphatic carbocycles. The van der Waals surface area contributed by atoms with Crippen LogP contribution in [0, 0.1) is 5.92 Å². The van der Waals surface area contributed by atoms with Crippen LogP contribution in [0.3, 0.4) is 0 Å². The molecule has 1 aromatic rings. The highest BCUT2D eigenvalue weighted by Crippen LogP contribution is 2.33. The van der Waals surface area contributed by atoms with Gasteiger partial charge in [-0.2, -0.15) is 0 Å². The lowest BCUT2D eigenvalue weighted by atomic mass is 9.94. The molecule has 1 aromatic carbocycles. The zero-order valence-corrected chi connectivity index (χ0v) is 10.2. The first-order valence-corrected chi connectivity index (χ1v) is 6.39. The molecule has 0 heterocycles. The van der Waals surface area contributed by atoms with Crippen LogP contribution in [0.5, 0.6) is 0 Å². The Balaban J connectivity index is 2.03. The quantitative estimate of drug-likeness (QED) is 0.623. The lowest BCUT2D eigenvalue weighted by Gasteiger charge is -2.20. The zero-order valence-electron chi connectivity index (χ0n) is 9.45. The van der Waals surface area contributed by atoms with Gasteiger partial charge in [-0.15, -0.1) is 0 Å². The molecule has 0 radical (unpaired) electrons. The first-order chi connectivity index (χ1) is 7.79. The van der Waals surface area contributed by atoms with Gasteiger partial charge in [0, 0.05) is 11.1 Å². The monoisotopic (exact) mass is 238 g/mol. The van der Waals surface area contributed by atoms with Crippen molar-refractivity contribution in [1.29, 1.82) is 0 Å². The third-order valence-corrected chi connectivity index (χ3v) is 3.73. The van der Waals surface area contributed by atoms with Crippen molar-refractivity contribution in [3.8, 4) is 0 Å². The molecular weight excluding hydrogens is 220 g/mol. The molecule has 1 atom stereocenters. The highest BCUT2D eigenvalue weighted by atomic mass is 35.5. The summed E-state index contributed by atoms with van der Waals surface area (Å²) < 4.78 is 0. The van der Waals surface area contributed by atoms with Gasteiger partial charge in [-0.3, -0.25) is 11.3 Å². The van der Waals surface area contributed by atoms with Gasteiger partial charge in [0.25, 0.3) is 0 Å². The summed E-state index contributed by atoms with van der Waals surface area (Å²) in [5.74, 6) is 6.46. The fourth-order valence-electron chi connectivity index (χ4n) is 2.60. The summed E-state index contributed by atoms with van der Waals surface area (Å²) in [5, 5.41) is 0.782. The van der Waals surface area contributed by atoms with Crippen LogP contribution < -0.4 is 11.3 Å². The van der Waals surface area contributed by atoms with Crippen LogP contribution in [0.4, 0.5) is 0 Å². The second-order valence-corrected chi connectivity index (χ2v) is 5.10. The van der Waals surface area contributed by atoms with E-state index in [1.807, 2.05) is 18.2 Å². The normalized spacial score (nSPS) is 18.9. The van der Waals surface area contributed by atoms with Crippen LogP contribution in [-0.2, 0) is 0 Å². The SMILES string of the molecule is NNC(CC1CCCC1)c1cccc(Cl)c1. The van der Waals surface area contributed by atoms with Crippen molar-refractivity contribution in [2.45, 2.75) is 38.1 Å². The van der Waals surface area contributed by atoms with Gasteiger partial charge >= 0.3 is 0 Å². The van der Waals surface area contributed by atoms with E-state index in [9.17, 15) is 0 Å². The van der Waals surface area contributed by atoms with Crippen molar-refractivity contribution < 1.29 is 0 Å². The zero-order chi connectivity index (χ0) is 11.4. The number of hydrogen-bond donors (Lipinski definition) is 2. The van der Waals surface area contributed by atoms with Gasteiger partial charge in [-0.1, -0.05) is 49.4 Å². The third kappa shape index (κ3) is 2.97. The Labute approximate surface area is 102 Å². The Kier molecular flexibility index (Phi) is 4.22. The summed E-state index contributed by atoms with van der Waals surface area (Å²) in [6, 6.07) is 8.21. The maximum Gasteiger partial charge on any atom is 0.0463 e. The van der Waals surface area contributed by atoms with Gasteiger partial charge in [-0.05, 0) is 30.0 Å². The molecule has 1 fully saturated rings. The third-order valence-electron chi connectivity index (χ3n) is 3.50. The largest absolute Gasteiger partial charge is 0.271 e. The van der Waals surface area contributed by atoms with Crippen LogP contribution in [0.25, 0.3) is 0 Å². The molecule has 1 saturated carbocycles.